The quantitative estimate of drug-likeness (QED) is 0.353. The van der Waals surface area contributed by atoms with Crippen molar-refractivity contribution in [1.29, 1.82) is 0 Å². The number of carbonyl (C=O) groups is 2. The molecule has 3 aromatic carbocycles. The molecule has 10 heteroatoms. The van der Waals surface area contributed by atoms with Gasteiger partial charge in [-0.2, -0.15) is 4.80 Å². The Kier molecular flexibility index (Phi) is 6.21. The minimum Gasteiger partial charge on any atom is -0.339 e. The van der Waals surface area contributed by atoms with Crippen LogP contribution in [-0.2, 0) is 20.7 Å². The van der Waals surface area contributed by atoms with Gasteiger partial charge in [0.25, 0.3) is 11.8 Å². The Labute approximate surface area is 225 Å². The molecule has 190 valence electrons. The summed E-state index contributed by atoms with van der Waals surface area (Å²) in [5.74, 6) is -0.785. The Balaban J connectivity index is 1.36. The Hall–Kier alpha value is -4.02. The zero-order chi connectivity index (χ0) is 26.4. The van der Waals surface area contributed by atoms with E-state index in [1.165, 1.54) is 23.0 Å². The lowest BCUT2D eigenvalue weighted by atomic mass is 10.1. The van der Waals surface area contributed by atoms with Crippen molar-refractivity contribution in [3.05, 3.63) is 98.9 Å². The summed E-state index contributed by atoms with van der Waals surface area (Å²) < 4.78 is 20.7. The number of amides is 2. The van der Waals surface area contributed by atoms with E-state index in [9.17, 15) is 14.0 Å². The van der Waals surface area contributed by atoms with Gasteiger partial charge in [-0.3, -0.25) is 9.59 Å². The van der Waals surface area contributed by atoms with Crippen LogP contribution in [-0.4, -0.2) is 44.4 Å². The summed E-state index contributed by atoms with van der Waals surface area (Å²) in [5, 5.41) is 10.9. The van der Waals surface area contributed by atoms with Crippen molar-refractivity contribution >= 4 is 33.8 Å². The van der Waals surface area contributed by atoms with Gasteiger partial charge < -0.3 is 9.64 Å². The number of hydrogen-bond acceptors (Lipinski definition) is 5. The summed E-state index contributed by atoms with van der Waals surface area (Å²) in [6, 6.07) is 19.1. The average molecular weight is 574 g/mol. The van der Waals surface area contributed by atoms with Gasteiger partial charge in [-0.25, -0.2) is 9.38 Å². The highest BCUT2D eigenvalue weighted by atomic mass is 79.9. The van der Waals surface area contributed by atoms with Crippen molar-refractivity contribution in [1.82, 2.24) is 19.9 Å². The van der Waals surface area contributed by atoms with Crippen LogP contribution in [0.3, 0.4) is 0 Å². The zero-order valence-electron chi connectivity index (χ0n) is 20.2. The summed E-state index contributed by atoms with van der Waals surface area (Å²) in [4.78, 5) is 31.9. The number of ether oxygens (including phenoxy) is 1. The summed E-state index contributed by atoms with van der Waals surface area (Å²) in [7, 11) is 0. The fourth-order valence-corrected chi connectivity index (χ4v) is 4.88. The molecule has 0 bridgehead atoms. The van der Waals surface area contributed by atoms with Crippen LogP contribution >= 0.6 is 15.9 Å². The second kappa shape index (κ2) is 9.70. The van der Waals surface area contributed by atoms with Gasteiger partial charge in [-0.1, -0.05) is 22.0 Å². The third-order valence-electron chi connectivity index (χ3n) is 6.54. The molecular weight excluding hydrogens is 553 g/mol. The van der Waals surface area contributed by atoms with Crippen LogP contribution < -0.4 is 10.6 Å². The lowest BCUT2D eigenvalue weighted by molar-refractivity contribution is -0.130. The molecule has 2 aliphatic rings. The summed E-state index contributed by atoms with van der Waals surface area (Å²) in [6.45, 7) is 2.08. The van der Waals surface area contributed by atoms with Gasteiger partial charge >= 0.3 is 0 Å². The van der Waals surface area contributed by atoms with Gasteiger partial charge in [0.1, 0.15) is 23.3 Å². The molecule has 0 unspecified atom stereocenters. The van der Waals surface area contributed by atoms with Crippen molar-refractivity contribution in [2.24, 2.45) is 4.99 Å². The van der Waals surface area contributed by atoms with E-state index in [1.807, 2.05) is 42.5 Å². The molecule has 8 nitrogen and oxygen atoms in total. The smallest absolute Gasteiger partial charge is 0.270 e. The van der Waals surface area contributed by atoms with Gasteiger partial charge in [0.2, 0.25) is 0 Å². The van der Waals surface area contributed by atoms with Crippen LogP contribution in [0.15, 0.2) is 76.2 Å². The molecule has 0 aliphatic carbocycles. The molecular formula is C28H21BrFN5O3. The predicted molar refractivity (Wildman–Crippen MR) is 140 cm³/mol. The first-order chi connectivity index (χ1) is 18.4. The van der Waals surface area contributed by atoms with E-state index in [0.717, 1.165) is 20.9 Å². The van der Waals surface area contributed by atoms with E-state index in [-0.39, 0.29) is 17.6 Å². The average Bonchev–Trinajstić information content (AvgIpc) is 3.58. The largest absolute Gasteiger partial charge is 0.339 e. The highest BCUT2D eigenvalue weighted by Gasteiger charge is 2.41. The molecule has 2 atom stereocenters. The molecule has 1 fully saturated rings. The molecule has 4 aromatic rings. The number of aromatic nitrogens is 3. The second-order valence-corrected chi connectivity index (χ2v) is 10.0. The third kappa shape index (κ3) is 4.57. The first kappa shape index (κ1) is 24.3. The molecule has 1 saturated heterocycles. The maximum absolute atomic E-state index is 13.7. The third-order valence-corrected chi connectivity index (χ3v) is 7.07. The maximum atomic E-state index is 13.7. The first-order valence-electron chi connectivity index (χ1n) is 12.0. The lowest BCUT2D eigenvalue weighted by Crippen LogP contribution is -2.33. The van der Waals surface area contributed by atoms with Crippen LogP contribution in [0, 0.1) is 5.82 Å². The van der Waals surface area contributed by atoms with Gasteiger partial charge in [0.15, 0.2) is 6.23 Å². The highest BCUT2D eigenvalue weighted by Crippen LogP contribution is 2.36. The second-order valence-electron chi connectivity index (χ2n) is 9.11. The summed E-state index contributed by atoms with van der Waals surface area (Å²) in [5.41, 5.74) is 3.30. The Morgan fingerprint density at radius 2 is 1.76 bits per heavy atom. The van der Waals surface area contributed by atoms with Crippen LogP contribution in [0.2, 0.25) is 0 Å². The van der Waals surface area contributed by atoms with Crippen LogP contribution in [0.25, 0.3) is 23.0 Å². The van der Waals surface area contributed by atoms with E-state index in [2.05, 4.69) is 20.9 Å². The molecule has 0 spiro atoms. The van der Waals surface area contributed by atoms with E-state index in [0.29, 0.717) is 35.3 Å². The first-order valence-corrected chi connectivity index (χ1v) is 12.8. The molecule has 2 aliphatic heterocycles. The lowest BCUT2D eigenvalue weighted by Gasteiger charge is -2.22. The van der Waals surface area contributed by atoms with Crippen molar-refractivity contribution < 1.29 is 18.7 Å². The molecule has 38 heavy (non-hydrogen) atoms. The molecule has 0 saturated carbocycles. The SMILES string of the molecule is C[C@H]1O[C@@H](c2nn(-c3ccc(Br)cc3)nc2-c2ccc(F)cc2)N(CCc2ccc3c(c2)=CC(=O)N=3)C1=O. The Morgan fingerprint density at radius 3 is 2.53 bits per heavy atom. The number of fused-ring (bicyclic) bond motifs is 1. The fourth-order valence-electron chi connectivity index (χ4n) is 4.61. The molecule has 0 radical (unpaired) electrons. The van der Waals surface area contributed by atoms with Crippen LogP contribution in [0.5, 0.6) is 0 Å². The molecule has 1 aromatic heterocycles. The van der Waals surface area contributed by atoms with Gasteiger partial charge in [0, 0.05) is 27.9 Å². The highest BCUT2D eigenvalue weighted by molar-refractivity contribution is 9.10. The number of halogens is 2. The van der Waals surface area contributed by atoms with Gasteiger partial charge in [-0.15, -0.1) is 10.2 Å². The van der Waals surface area contributed by atoms with Crippen molar-refractivity contribution in [2.45, 2.75) is 25.7 Å². The molecule has 0 N–H and O–H groups in total. The predicted octanol–water partition coefficient (Wildman–Crippen LogP) is 3.26. The standard InChI is InChI=1S/C28H21BrFN5O3/c1-16-27(37)34(13-12-17-2-11-23-19(14-17)15-24(36)31-23)28(38-16)26-25(18-3-7-21(30)8-4-18)32-35(33-26)22-9-5-20(29)6-10-22/h2-11,14-16,28H,12-13H2,1H3/t16-,28+/m1/s1. The number of hydrogen-bond donors (Lipinski definition) is 0. The van der Waals surface area contributed by atoms with Crippen molar-refractivity contribution in [2.75, 3.05) is 6.54 Å². The Bertz CT molecular complexity index is 1690. The number of carbonyl (C=O) groups excluding carboxylic acids is 2. The van der Waals surface area contributed by atoms with Crippen LogP contribution in [0.4, 0.5) is 4.39 Å². The van der Waals surface area contributed by atoms with Crippen LogP contribution in [0.1, 0.15) is 24.4 Å². The van der Waals surface area contributed by atoms with E-state index in [4.69, 9.17) is 14.9 Å². The molecule has 2 amide bonds. The zero-order valence-corrected chi connectivity index (χ0v) is 21.8. The maximum Gasteiger partial charge on any atom is 0.270 e. The summed E-state index contributed by atoms with van der Waals surface area (Å²) in [6.07, 6.45) is 0.604. The minimum absolute atomic E-state index is 0.156. The molecule has 6 rings (SSSR count). The fraction of sp³-hybridized carbons (Fsp3) is 0.179. The van der Waals surface area contributed by atoms with Gasteiger partial charge in [0.05, 0.1) is 11.0 Å². The van der Waals surface area contributed by atoms with E-state index in [1.54, 1.807) is 24.0 Å². The number of rotatable bonds is 6. The number of nitrogens with zero attached hydrogens (tertiary/aromatic N) is 5. The summed E-state index contributed by atoms with van der Waals surface area (Å²) >= 11 is 3.44. The number of benzene rings is 3. The monoisotopic (exact) mass is 573 g/mol. The normalized spacial score (nSPS) is 18.4. The molecule has 3 heterocycles. The minimum atomic E-state index is -0.778. The van der Waals surface area contributed by atoms with Crippen molar-refractivity contribution in [3.8, 4) is 16.9 Å². The van der Waals surface area contributed by atoms with E-state index >= 15 is 0 Å². The topological polar surface area (TPSA) is 89.7 Å². The van der Waals surface area contributed by atoms with Gasteiger partial charge in [-0.05, 0) is 79.6 Å². The van der Waals surface area contributed by atoms with Crippen molar-refractivity contribution in [3.63, 3.8) is 0 Å². The Morgan fingerprint density at radius 1 is 1.00 bits per heavy atom. The van der Waals surface area contributed by atoms with E-state index < -0.39 is 12.3 Å².